The molecule has 0 spiro atoms. The minimum Gasteiger partial charge on any atom is -0.545 e. The van der Waals surface area contributed by atoms with Crippen molar-refractivity contribution in [1.29, 1.82) is 0 Å². The second-order valence-corrected chi connectivity index (χ2v) is 12.3. The monoisotopic (exact) mass is 621 g/mol. The molecule has 1 N–H and O–H groups in total. The van der Waals surface area contributed by atoms with Gasteiger partial charge in [0.1, 0.15) is 19.3 Å². The Labute approximate surface area is 268 Å². The van der Waals surface area contributed by atoms with Gasteiger partial charge in [-0.15, -0.1) is 0 Å². The van der Waals surface area contributed by atoms with E-state index in [0.717, 1.165) is 44.9 Å². The van der Waals surface area contributed by atoms with Crippen LogP contribution in [0.1, 0.15) is 110 Å². The summed E-state index contributed by atoms with van der Waals surface area (Å²) < 4.78 is 16.0. The van der Waals surface area contributed by atoms with Gasteiger partial charge in [-0.05, 0) is 44.9 Å². The molecule has 0 radical (unpaired) electrons. The van der Waals surface area contributed by atoms with Crippen LogP contribution in [0.5, 0.6) is 0 Å². The predicted molar refractivity (Wildman–Crippen MR) is 177 cm³/mol. The zero-order valence-electron chi connectivity index (χ0n) is 28.3. The first-order valence-electron chi connectivity index (χ1n) is 16.8. The van der Waals surface area contributed by atoms with Crippen molar-refractivity contribution in [3.8, 4) is 0 Å². The summed E-state index contributed by atoms with van der Waals surface area (Å²) in [7, 11) is 5.86. The number of allylic oxidation sites excluding steroid dienone is 8. The molecule has 0 amide bonds. The molecule has 0 aliphatic carbocycles. The molecule has 0 saturated carbocycles. The molecule has 8 heteroatoms. The Morgan fingerprint density at radius 2 is 1.20 bits per heavy atom. The van der Waals surface area contributed by atoms with E-state index in [1.54, 1.807) is 0 Å². The third-order valence-corrected chi connectivity index (χ3v) is 6.82. The fourth-order valence-electron chi connectivity index (χ4n) is 4.17. The zero-order valence-corrected chi connectivity index (χ0v) is 28.3. The standard InChI is InChI=1S/C36H63NO7/c1-5-6-7-8-9-10-11-12-13-14-15-16-17-18-19-20-21-22-23-24-25-26-27-28-34(39)43-31-33(38)32-44-36(35(40)41)42-30-29-37(2,3)4/h6-7,9-10,12-13,15-16,33,36,38H,5,8,11,14,17-32H2,1-4H3/b7-6-,10-9-,13-12-,16-15-. The largest absolute Gasteiger partial charge is 0.545 e. The van der Waals surface area contributed by atoms with Gasteiger partial charge in [-0.2, -0.15) is 0 Å². The van der Waals surface area contributed by atoms with Crippen molar-refractivity contribution in [2.45, 2.75) is 122 Å². The summed E-state index contributed by atoms with van der Waals surface area (Å²) >= 11 is 0. The van der Waals surface area contributed by atoms with Gasteiger partial charge in [0.05, 0.1) is 40.3 Å². The van der Waals surface area contributed by atoms with Gasteiger partial charge in [-0.1, -0.05) is 107 Å². The molecule has 0 fully saturated rings. The molecular weight excluding hydrogens is 558 g/mol. The third kappa shape index (κ3) is 31.2. The van der Waals surface area contributed by atoms with Crippen LogP contribution in [0, 0.1) is 0 Å². The Morgan fingerprint density at radius 3 is 1.73 bits per heavy atom. The molecule has 0 aromatic rings. The minimum absolute atomic E-state index is 0.168. The highest BCUT2D eigenvalue weighted by Gasteiger charge is 2.17. The number of unbranched alkanes of at least 4 members (excludes halogenated alkanes) is 10. The fraction of sp³-hybridized carbons (Fsp3) is 0.722. The van der Waals surface area contributed by atoms with Gasteiger partial charge < -0.3 is 33.7 Å². The summed E-state index contributed by atoms with van der Waals surface area (Å²) in [5, 5.41) is 21.1. The van der Waals surface area contributed by atoms with Crippen molar-refractivity contribution in [2.75, 3.05) is 47.5 Å². The third-order valence-electron chi connectivity index (χ3n) is 6.82. The maximum absolute atomic E-state index is 11.9. The summed E-state index contributed by atoms with van der Waals surface area (Å²) in [5.74, 6) is -1.88. The lowest BCUT2D eigenvalue weighted by Gasteiger charge is -2.26. The highest BCUT2D eigenvalue weighted by molar-refractivity contribution is 5.69. The topological polar surface area (TPSA) is 105 Å². The first kappa shape index (κ1) is 41.7. The second-order valence-electron chi connectivity index (χ2n) is 12.3. The summed E-state index contributed by atoms with van der Waals surface area (Å²) in [5.41, 5.74) is 0. The van der Waals surface area contributed by atoms with Gasteiger partial charge in [0.2, 0.25) is 0 Å². The van der Waals surface area contributed by atoms with Crippen LogP contribution in [0.4, 0.5) is 0 Å². The predicted octanol–water partition coefficient (Wildman–Crippen LogP) is 6.19. The number of quaternary nitrogens is 1. The number of carbonyl (C=O) groups is 2. The van der Waals surface area contributed by atoms with Crippen molar-refractivity contribution >= 4 is 11.9 Å². The molecule has 0 aliphatic heterocycles. The molecule has 8 nitrogen and oxygen atoms in total. The van der Waals surface area contributed by atoms with E-state index in [1.165, 1.54) is 51.4 Å². The maximum atomic E-state index is 11.9. The van der Waals surface area contributed by atoms with E-state index in [4.69, 9.17) is 14.2 Å². The van der Waals surface area contributed by atoms with Crippen LogP contribution in [0.3, 0.4) is 0 Å². The first-order chi connectivity index (χ1) is 21.2. The number of aliphatic carboxylic acids is 1. The Balaban J connectivity index is 3.58. The smallest absolute Gasteiger partial charge is 0.305 e. The molecule has 0 heterocycles. The number of esters is 1. The number of carboxylic acid groups (broad SMARTS) is 1. The number of hydrogen-bond donors (Lipinski definition) is 1. The molecule has 0 rings (SSSR count). The number of rotatable bonds is 30. The first-order valence-corrected chi connectivity index (χ1v) is 16.8. The normalized spacial score (nSPS) is 13.9. The fourth-order valence-corrected chi connectivity index (χ4v) is 4.17. The highest BCUT2D eigenvalue weighted by atomic mass is 16.7. The van der Waals surface area contributed by atoms with Gasteiger partial charge >= 0.3 is 5.97 Å². The van der Waals surface area contributed by atoms with E-state index >= 15 is 0 Å². The van der Waals surface area contributed by atoms with Crippen LogP contribution in [0.2, 0.25) is 0 Å². The second kappa shape index (κ2) is 29.5. The average molecular weight is 622 g/mol. The highest BCUT2D eigenvalue weighted by Crippen LogP contribution is 2.12. The number of carbonyl (C=O) groups excluding carboxylic acids is 2. The van der Waals surface area contributed by atoms with Gasteiger partial charge in [0.25, 0.3) is 0 Å². The van der Waals surface area contributed by atoms with E-state index in [-0.39, 0.29) is 25.8 Å². The molecular formula is C36H63NO7. The molecule has 2 unspecified atom stereocenters. The van der Waals surface area contributed by atoms with Crippen LogP contribution >= 0.6 is 0 Å². The Bertz CT molecular complexity index is 814. The summed E-state index contributed by atoms with van der Waals surface area (Å²) in [6.45, 7) is 2.33. The zero-order chi connectivity index (χ0) is 32.7. The molecule has 254 valence electrons. The Morgan fingerprint density at radius 1 is 0.705 bits per heavy atom. The van der Waals surface area contributed by atoms with Gasteiger partial charge in [-0.3, -0.25) is 4.79 Å². The number of aliphatic hydroxyl groups excluding tert-OH is 1. The minimum atomic E-state index is -1.58. The van der Waals surface area contributed by atoms with E-state index < -0.39 is 18.4 Å². The van der Waals surface area contributed by atoms with Crippen LogP contribution in [-0.4, -0.2) is 81.4 Å². The summed E-state index contributed by atoms with van der Waals surface area (Å²) in [6, 6.07) is 0. The molecule has 0 bridgehead atoms. The van der Waals surface area contributed by atoms with E-state index in [9.17, 15) is 19.8 Å². The molecule has 0 aliphatic rings. The van der Waals surface area contributed by atoms with Gasteiger partial charge in [-0.25, -0.2) is 0 Å². The van der Waals surface area contributed by atoms with Crippen molar-refractivity contribution < 1.29 is 38.5 Å². The number of likely N-dealkylation sites (N-methyl/N-ethyl adjacent to an activating group) is 1. The van der Waals surface area contributed by atoms with Crippen LogP contribution in [-0.2, 0) is 23.8 Å². The van der Waals surface area contributed by atoms with Gasteiger partial charge in [0.15, 0.2) is 6.29 Å². The molecule has 2 atom stereocenters. The lowest BCUT2D eigenvalue weighted by Crippen LogP contribution is -2.44. The Kier molecular flexibility index (Phi) is 27.9. The van der Waals surface area contributed by atoms with E-state index in [1.807, 2.05) is 21.1 Å². The molecule has 44 heavy (non-hydrogen) atoms. The average Bonchev–Trinajstić information content (AvgIpc) is 2.97. The lowest BCUT2D eigenvalue weighted by atomic mass is 10.1. The van der Waals surface area contributed by atoms with Gasteiger partial charge in [0, 0.05) is 6.42 Å². The Hall–Kier alpha value is -2.26. The molecule has 0 aromatic heterocycles. The van der Waals surface area contributed by atoms with E-state index in [0.29, 0.717) is 17.4 Å². The van der Waals surface area contributed by atoms with Crippen molar-refractivity contribution in [3.63, 3.8) is 0 Å². The number of carboxylic acids is 1. The number of hydrogen-bond acceptors (Lipinski definition) is 7. The summed E-state index contributed by atoms with van der Waals surface area (Å²) in [4.78, 5) is 23.1. The van der Waals surface area contributed by atoms with Crippen molar-refractivity contribution in [3.05, 3.63) is 48.6 Å². The lowest BCUT2D eigenvalue weighted by molar-refractivity contribution is -0.870. The van der Waals surface area contributed by atoms with Crippen LogP contribution in [0.25, 0.3) is 0 Å². The SMILES string of the molecule is CC/C=C\C/C=C\C/C=C\C/C=C\CCCCCCCCCCCCC(=O)OCC(O)COC(OCC[N+](C)(C)C)C(=O)[O-]. The maximum Gasteiger partial charge on any atom is 0.305 e. The number of aliphatic hydroxyl groups is 1. The van der Waals surface area contributed by atoms with Crippen LogP contribution < -0.4 is 5.11 Å². The summed E-state index contributed by atoms with van der Waals surface area (Å²) in [6.07, 6.45) is 32.5. The molecule has 0 saturated heterocycles. The van der Waals surface area contributed by atoms with Crippen molar-refractivity contribution in [2.24, 2.45) is 0 Å². The number of ether oxygens (including phenoxy) is 3. The van der Waals surface area contributed by atoms with Crippen LogP contribution in [0.15, 0.2) is 48.6 Å². The quantitative estimate of drug-likeness (QED) is 0.0335. The van der Waals surface area contributed by atoms with E-state index in [2.05, 4.69) is 55.5 Å². The van der Waals surface area contributed by atoms with Crippen molar-refractivity contribution in [1.82, 2.24) is 0 Å². The number of nitrogens with zero attached hydrogens (tertiary/aromatic N) is 1. The molecule has 0 aromatic carbocycles.